The Kier molecular flexibility index (Phi) is 2.87. The molecule has 2 nitrogen and oxygen atoms in total. The van der Waals surface area contributed by atoms with Gasteiger partial charge < -0.3 is 4.74 Å². The second-order valence-corrected chi connectivity index (χ2v) is 7.17. The molecule has 0 amide bonds. The lowest BCUT2D eigenvalue weighted by molar-refractivity contribution is -0.0790. The van der Waals surface area contributed by atoms with E-state index in [1.54, 1.807) is 0 Å². The van der Waals surface area contributed by atoms with Gasteiger partial charge >= 0.3 is 0 Å². The first-order valence-corrected chi connectivity index (χ1v) is 7.95. The van der Waals surface area contributed by atoms with E-state index in [0.29, 0.717) is 11.7 Å². The van der Waals surface area contributed by atoms with Crippen LogP contribution < -0.4 is 4.74 Å². The molecular formula is C18H22O2. The summed E-state index contributed by atoms with van der Waals surface area (Å²) in [4.78, 5) is 11.2. The molecule has 0 heterocycles. The predicted octanol–water partition coefficient (Wildman–Crippen LogP) is 4.01. The Hall–Kier alpha value is -1.31. The minimum atomic E-state index is 0.351. The average Bonchev–Trinajstić information content (AvgIpc) is 2.43. The van der Waals surface area contributed by atoms with Crippen molar-refractivity contribution >= 4 is 6.29 Å². The average molecular weight is 270 g/mol. The highest BCUT2D eigenvalue weighted by molar-refractivity contribution is 5.79. The summed E-state index contributed by atoms with van der Waals surface area (Å²) in [6.45, 7) is 2.01. The molecule has 0 spiro atoms. The van der Waals surface area contributed by atoms with Gasteiger partial charge in [-0.25, -0.2) is 0 Å². The lowest BCUT2D eigenvalue weighted by atomic mass is 9.55. The fraction of sp³-hybridized carbons (Fsp3) is 0.611. The van der Waals surface area contributed by atoms with Crippen LogP contribution in [0.5, 0.6) is 5.75 Å². The van der Waals surface area contributed by atoms with Crippen LogP contribution in [0.15, 0.2) is 18.2 Å². The monoisotopic (exact) mass is 270 g/mol. The van der Waals surface area contributed by atoms with Crippen LogP contribution in [0.2, 0.25) is 0 Å². The maximum atomic E-state index is 11.2. The van der Waals surface area contributed by atoms with Crippen LogP contribution in [0.3, 0.4) is 0 Å². The van der Waals surface area contributed by atoms with Crippen LogP contribution in [0.25, 0.3) is 0 Å². The Morgan fingerprint density at radius 2 is 1.70 bits per heavy atom. The Morgan fingerprint density at radius 3 is 2.30 bits per heavy atom. The third kappa shape index (κ3) is 1.97. The van der Waals surface area contributed by atoms with Crippen LogP contribution in [-0.2, 0) is 0 Å². The van der Waals surface area contributed by atoms with E-state index in [4.69, 9.17) is 4.74 Å². The summed E-state index contributed by atoms with van der Waals surface area (Å²) in [7, 11) is 0. The molecule has 106 valence electrons. The van der Waals surface area contributed by atoms with E-state index in [1.807, 2.05) is 25.1 Å². The summed E-state index contributed by atoms with van der Waals surface area (Å²) in [6.07, 6.45) is 8.13. The van der Waals surface area contributed by atoms with Crippen molar-refractivity contribution in [3.63, 3.8) is 0 Å². The number of carbonyl (C=O) groups is 1. The third-order valence-corrected chi connectivity index (χ3v) is 5.70. The van der Waals surface area contributed by atoms with Crippen molar-refractivity contribution in [1.82, 2.24) is 0 Å². The van der Waals surface area contributed by atoms with Crippen molar-refractivity contribution in [3.8, 4) is 5.75 Å². The number of aryl methyl sites for hydroxylation is 1. The van der Waals surface area contributed by atoms with E-state index >= 15 is 0 Å². The Labute approximate surface area is 120 Å². The Balaban J connectivity index is 1.59. The molecule has 4 fully saturated rings. The number of hydrogen-bond donors (Lipinski definition) is 0. The summed E-state index contributed by atoms with van der Waals surface area (Å²) in [5.74, 6) is 4.17. The summed E-state index contributed by atoms with van der Waals surface area (Å²) >= 11 is 0. The molecule has 0 unspecified atom stereocenters. The molecule has 0 atom stereocenters. The molecule has 0 radical (unpaired) electrons. The molecule has 5 rings (SSSR count). The molecule has 0 aromatic heterocycles. The summed E-state index contributed by atoms with van der Waals surface area (Å²) in [5.41, 5.74) is 1.82. The molecule has 4 aliphatic carbocycles. The highest BCUT2D eigenvalue weighted by Gasteiger charge is 2.49. The largest absolute Gasteiger partial charge is 0.489 e. The zero-order valence-corrected chi connectivity index (χ0v) is 12.0. The molecule has 4 saturated carbocycles. The first-order valence-electron chi connectivity index (χ1n) is 7.95. The smallest absolute Gasteiger partial charge is 0.153 e. The van der Waals surface area contributed by atoms with Gasteiger partial charge in [-0.1, -0.05) is 11.6 Å². The van der Waals surface area contributed by atoms with Gasteiger partial charge in [0.2, 0.25) is 0 Å². The number of ether oxygens (including phenoxy) is 1. The van der Waals surface area contributed by atoms with Crippen LogP contribution in [0, 0.1) is 30.6 Å². The van der Waals surface area contributed by atoms with Crippen molar-refractivity contribution < 1.29 is 9.53 Å². The third-order valence-electron chi connectivity index (χ3n) is 5.70. The molecule has 4 bridgehead atoms. The molecular weight excluding hydrogens is 248 g/mol. The fourth-order valence-corrected chi connectivity index (χ4v) is 5.08. The highest BCUT2D eigenvalue weighted by Crippen LogP contribution is 2.54. The second kappa shape index (κ2) is 4.61. The quantitative estimate of drug-likeness (QED) is 0.776. The molecule has 0 saturated heterocycles. The fourth-order valence-electron chi connectivity index (χ4n) is 5.08. The van der Waals surface area contributed by atoms with Gasteiger partial charge in [0.15, 0.2) is 6.29 Å². The van der Waals surface area contributed by atoms with Crippen molar-refractivity contribution in [2.45, 2.75) is 45.1 Å². The highest BCUT2D eigenvalue weighted by atomic mass is 16.5. The molecule has 0 aliphatic heterocycles. The number of rotatable bonds is 3. The maximum Gasteiger partial charge on any atom is 0.153 e. The predicted molar refractivity (Wildman–Crippen MR) is 78.0 cm³/mol. The lowest BCUT2D eigenvalue weighted by Crippen LogP contribution is -2.50. The van der Waals surface area contributed by atoms with Gasteiger partial charge in [-0.15, -0.1) is 0 Å². The zero-order valence-electron chi connectivity index (χ0n) is 12.0. The molecule has 0 N–H and O–H groups in total. The zero-order chi connectivity index (χ0) is 13.7. The van der Waals surface area contributed by atoms with Crippen LogP contribution in [-0.4, -0.2) is 12.4 Å². The first-order chi connectivity index (χ1) is 9.72. The minimum absolute atomic E-state index is 0.351. The van der Waals surface area contributed by atoms with Crippen molar-refractivity contribution in [2.75, 3.05) is 0 Å². The summed E-state index contributed by atoms with van der Waals surface area (Å²) in [5, 5.41) is 0. The number of carbonyl (C=O) groups excluding carboxylic acids is 1. The van der Waals surface area contributed by atoms with Crippen molar-refractivity contribution in [1.29, 1.82) is 0 Å². The van der Waals surface area contributed by atoms with Gasteiger partial charge in [0.05, 0.1) is 5.56 Å². The number of aldehydes is 1. The number of hydrogen-bond acceptors (Lipinski definition) is 2. The van der Waals surface area contributed by atoms with E-state index in [1.165, 1.54) is 32.1 Å². The van der Waals surface area contributed by atoms with E-state index in [2.05, 4.69) is 0 Å². The second-order valence-electron chi connectivity index (χ2n) is 7.17. The van der Waals surface area contributed by atoms with Crippen LogP contribution >= 0.6 is 0 Å². The van der Waals surface area contributed by atoms with Gasteiger partial charge in [0.25, 0.3) is 0 Å². The van der Waals surface area contributed by atoms with E-state index in [0.717, 1.165) is 41.3 Å². The summed E-state index contributed by atoms with van der Waals surface area (Å²) < 4.78 is 6.34. The molecule has 2 heteroatoms. The molecule has 1 aromatic carbocycles. The van der Waals surface area contributed by atoms with Gasteiger partial charge in [-0.2, -0.15) is 0 Å². The van der Waals surface area contributed by atoms with Crippen LogP contribution in [0.1, 0.15) is 48.0 Å². The van der Waals surface area contributed by atoms with Crippen molar-refractivity contribution in [3.05, 3.63) is 29.3 Å². The van der Waals surface area contributed by atoms with Crippen LogP contribution in [0.4, 0.5) is 0 Å². The van der Waals surface area contributed by atoms with E-state index < -0.39 is 0 Å². The standard InChI is InChI=1S/C18H22O2/c1-11-2-3-17(16(4-11)10-19)20-18-14-6-12-5-13(8-14)9-15(18)7-12/h2-4,10,12-15,18H,5-9H2,1H3. The normalized spacial score (nSPS) is 38.0. The van der Waals surface area contributed by atoms with E-state index in [-0.39, 0.29) is 0 Å². The first kappa shape index (κ1) is 12.4. The number of benzene rings is 1. The van der Waals surface area contributed by atoms with Gasteiger partial charge in [0, 0.05) is 0 Å². The summed E-state index contributed by atoms with van der Waals surface area (Å²) in [6, 6.07) is 5.95. The molecule has 4 aliphatic rings. The molecule has 20 heavy (non-hydrogen) atoms. The van der Waals surface area contributed by atoms with Gasteiger partial charge in [0.1, 0.15) is 11.9 Å². The van der Waals surface area contributed by atoms with Gasteiger partial charge in [-0.3, -0.25) is 4.79 Å². The Bertz CT molecular complexity index is 506. The van der Waals surface area contributed by atoms with Gasteiger partial charge in [-0.05, 0) is 74.8 Å². The topological polar surface area (TPSA) is 26.3 Å². The Morgan fingerprint density at radius 1 is 1.05 bits per heavy atom. The lowest BCUT2D eigenvalue weighted by Gasteiger charge is -2.53. The minimum Gasteiger partial charge on any atom is -0.489 e. The SMILES string of the molecule is Cc1ccc(OC2C3CC4CC(C3)CC2C4)c(C=O)c1. The van der Waals surface area contributed by atoms with E-state index in [9.17, 15) is 4.79 Å². The maximum absolute atomic E-state index is 11.2. The van der Waals surface area contributed by atoms with Crippen molar-refractivity contribution in [2.24, 2.45) is 23.7 Å². The molecule has 1 aromatic rings.